The first-order valence-electron chi connectivity index (χ1n) is 8.66. The molecule has 142 valence electrons. The number of benzene rings is 1. The monoisotopic (exact) mass is 369 g/mol. The number of aromatic nitrogens is 2. The van der Waals surface area contributed by atoms with Gasteiger partial charge in [0.05, 0.1) is 19.3 Å². The van der Waals surface area contributed by atoms with Crippen molar-refractivity contribution in [1.82, 2.24) is 15.3 Å². The van der Waals surface area contributed by atoms with E-state index in [1.165, 1.54) is 0 Å². The van der Waals surface area contributed by atoms with E-state index >= 15 is 0 Å². The summed E-state index contributed by atoms with van der Waals surface area (Å²) >= 11 is 0. The predicted molar refractivity (Wildman–Crippen MR) is 103 cm³/mol. The number of amides is 2. The second-order valence-electron chi connectivity index (χ2n) is 6.28. The summed E-state index contributed by atoms with van der Waals surface area (Å²) < 4.78 is 5.45. The highest BCUT2D eigenvalue weighted by atomic mass is 16.5. The number of guanidine groups is 1. The quantitative estimate of drug-likeness (QED) is 0.538. The number of nitrogens with two attached hydrogens (primary N) is 2. The third-order valence-corrected chi connectivity index (χ3v) is 4.20. The van der Waals surface area contributed by atoms with E-state index in [4.69, 9.17) is 16.2 Å². The molecule has 27 heavy (non-hydrogen) atoms. The fourth-order valence-corrected chi connectivity index (χ4v) is 2.84. The normalized spacial score (nSPS) is 16.6. The summed E-state index contributed by atoms with van der Waals surface area (Å²) in [5.41, 5.74) is 13.1. The molecule has 0 saturated carbocycles. The Bertz CT molecular complexity index is 819. The van der Waals surface area contributed by atoms with Crippen molar-refractivity contribution in [3.8, 4) is 11.1 Å². The first kappa shape index (κ1) is 18.6. The van der Waals surface area contributed by atoms with Gasteiger partial charge in [-0.1, -0.05) is 18.2 Å². The van der Waals surface area contributed by atoms with Crippen LogP contribution in [-0.4, -0.2) is 47.8 Å². The van der Waals surface area contributed by atoms with Crippen LogP contribution in [0.15, 0.2) is 41.7 Å². The lowest BCUT2D eigenvalue weighted by Gasteiger charge is -2.33. The van der Waals surface area contributed by atoms with Gasteiger partial charge in [0, 0.05) is 31.0 Å². The maximum atomic E-state index is 11.5. The number of carbonyl (C=O) groups is 1. The van der Waals surface area contributed by atoms with Crippen molar-refractivity contribution in [1.29, 1.82) is 0 Å². The molecule has 1 aromatic heterocycles. The van der Waals surface area contributed by atoms with Crippen LogP contribution in [0.3, 0.4) is 0 Å². The SMILES string of the molecule is C[C@H]1COCCN1c1ncc(-c2cccc(CNC(=O)N=C(N)N)c2)cn1. The number of hydrogen-bond acceptors (Lipinski definition) is 5. The Kier molecular flexibility index (Phi) is 5.82. The highest BCUT2D eigenvalue weighted by Gasteiger charge is 2.21. The summed E-state index contributed by atoms with van der Waals surface area (Å²) in [5.74, 6) is 0.434. The van der Waals surface area contributed by atoms with Gasteiger partial charge in [0.15, 0.2) is 5.96 Å². The van der Waals surface area contributed by atoms with Crippen LogP contribution in [0, 0.1) is 0 Å². The van der Waals surface area contributed by atoms with Crippen molar-refractivity contribution >= 4 is 17.9 Å². The second-order valence-corrected chi connectivity index (χ2v) is 6.28. The number of urea groups is 1. The number of nitrogens with one attached hydrogen (secondary N) is 1. The zero-order valence-corrected chi connectivity index (χ0v) is 15.1. The Hall–Kier alpha value is -3.20. The molecule has 3 rings (SSSR count). The van der Waals surface area contributed by atoms with E-state index in [0.717, 1.165) is 23.2 Å². The van der Waals surface area contributed by atoms with Gasteiger partial charge in [-0.3, -0.25) is 0 Å². The number of hydrogen-bond donors (Lipinski definition) is 3. The van der Waals surface area contributed by atoms with E-state index in [9.17, 15) is 4.79 Å². The second kappa shape index (κ2) is 8.45. The predicted octanol–water partition coefficient (Wildman–Crippen LogP) is 0.852. The lowest BCUT2D eigenvalue weighted by molar-refractivity contribution is 0.0981. The van der Waals surface area contributed by atoms with Gasteiger partial charge in [-0.05, 0) is 24.1 Å². The van der Waals surface area contributed by atoms with Crippen molar-refractivity contribution in [2.75, 3.05) is 24.7 Å². The summed E-state index contributed by atoms with van der Waals surface area (Å²) in [4.78, 5) is 26.1. The van der Waals surface area contributed by atoms with Crippen LogP contribution < -0.4 is 21.7 Å². The van der Waals surface area contributed by atoms with Gasteiger partial charge in [-0.15, -0.1) is 0 Å². The van der Waals surface area contributed by atoms with Gasteiger partial charge in [-0.25, -0.2) is 14.8 Å². The third kappa shape index (κ3) is 4.91. The Balaban J connectivity index is 1.69. The molecule has 1 aliphatic rings. The highest BCUT2D eigenvalue weighted by Crippen LogP contribution is 2.21. The molecule has 9 nitrogen and oxygen atoms in total. The van der Waals surface area contributed by atoms with Crippen molar-refractivity contribution < 1.29 is 9.53 Å². The fraction of sp³-hybridized carbons (Fsp3) is 0.333. The van der Waals surface area contributed by atoms with Gasteiger partial charge in [0.25, 0.3) is 0 Å². The Morgan fingerprint density at radius 3 is 2.81 bits per heavy atom. The van der Waals surface area contributed by atoms with Crippen LogP contribution in [0.25, 0.3) is 11.1 Å². The van der Waals surface area contributed by atoms with Crippen molar-refractivity contribution in [2.24, 2.45) is 16.5 Å². The number of nitrogens with zero attached hydrogens (tertiary/aromatic N) is 4. The molecule has 9 heteroatoms. The Morgan fingerprint density at radius 1 is 1.33 bits per heavy atom. The molecule has 0 radical (unpaired) electrons. The molecule has 2 aromatic rings. The van der Waals surface area contributed by atoms with Gasteiger partial charge in [0.2, 0.25) is 5.95 Å². The van der Waals surface area contributed by atoms with E-state index in [1.807, 2.05) is 36.7 Å². The maximum Gasteiger partial charge on any atom is 0.344 e. The maximum absolute atomic E-state index is 11.5. The van der Waals surface area contributed by atoms with Gasteiger partial charge >= 0.3 is 6.03 Å². The molecule has 0 bridgehead atoms. The lowest BCUT2D eigenvalue weighted by Crippen LogP contribution is -2.44. The van der Waals surface area contributed by atoms with Gasteiger partial charge in [-0.2, -0.15) is 4.99 Å². The van der Waals surface area contributed by atoms with Crippen LogP contribution in [0.2, 0.25) is 0 Å². The van der Waals surface area contributed by atoms with Crippen LogP contribution in [0.5, 0.6) is 0 Å². The minimum absolute atomic E-state index is 0.252. The smallest absolute Gasteiger partial charge is 0.344 e. The molecule has 0 spiro atoms. The Morgan fingerprint density at radius 2 is 2.11 bits per heavy atom. The van der Waals surface area contributed by atoms with Crippen LogP contribution in [0.1, 0.15) is 12.5 Å². The zero-order valence-electron chi connectivity index (χ0n) is 15.1. The van der Waals surface area contributed by atoms with E-state index in [0.29, 0.717) is 25.7 Å². The minimum atomic E-state index is -0.576. The van der Waals surface area contributed by atoms with Crippen molar-refractivity contribution in [3.05, 3.63) is 42.2 Å². The number of anilines is 1. The molecule has 1 aliphatic heterocycles. The highest BCUT2D eigenvalue weighted by molar-refractivity contribution is 5.90. The van der Waals surface area contributed by atoms with Gasteiger partial charge in [0.1, 0.15) is 0 Å². The topological polar surface area (TPSA) is 132 Å². The third-order valence-electron chi connectivity index (χ3n) is 4.20. The summed E-state index contributed by atoms with van der Waals surface area (Å²) in [6, 6.07) is 7.43. The fourth-order valence-electron chi connectivity index (χ4n) is 2.84. The molecule has 0 unspecified atom stereocenters. The van der Waals surface area contributed by atoms with E-state index < -0.39 is 6.03 Å². The molecule has 5 N–H and O–H groups in total. The number of morpholine rings is 1. The summed E-state index contributed by atoms with van der Waals surface area (Å²) in [6.45, 7) is 4.55. The minimum Gasteiger partial charge on any atom is -0.377 e. The molecular formula is C18H23N7O2. The summed E-state index contributed by atoms with van der Waals surface area (Å²) in [5, 5.41) is 2.63. The molecule has 2 amide bonds. The molecule has 1 aromatic carbocycles. The molecule has 1 atom stereocenters. The van der Waals surface area contributed by atoms with E-state index in [-0.39, 0.29) is 12.0 Å². The average molecular weight is 369 g/mol. The van der Waals surface area contributed by atoms with Crippen LogP contribution in [0.4, 0.5) is 10.7 Å². The first-order valence-corrected chi connectivity index (χ1v) is 8.66. The summed E-state index contributed by atoms with van der Waals surface area (Å²) in [7, 11) is 0. The molecular weight excluding hydrogens is 346 g/mol. The molecule has 1 saturated heterocycles. The van der Waals surface area contributed by atoms with Crippen LogP contribution >= 0.6 is 0 Å². The number of ether oxygens (including phenoxy) is 1. The number of carbonyl (C=O) groups excluding carboxylic acids is 1. The molecule has 2 heterocycles. The van der Waals surface area contributed by atoms with Crippen molar-refractivity contribution in [3.63, 3.8) is 0 Å². The zero-order chi connectivity index (χ0) is 19.2. The molecule has 1 fully saturated rings. The standard InChI is InChI=1S/C18H23N7O2/c1-12-11-27-6-5-25(12)17-21-9-15(10-22-17)14-4-2-3-13(7-14)8-23-18(26)24-16(19)20/h2-4,7,9-10,12H,5-6,8,11H2,1H3,(H5,19,20,23,24,26)/t12-/m0/s1. The van der Waals surface area contributed by atoms with E-state index in [2.05, 4.69) is 32.1 Å². The molecule has 0 aliphatic carbocycles. The average Bonchev–Trinajstić information content (AvgIpc) is 2.67. The summed E-state index contributed by atoms with van der Waals surface area (Å²) in [6.07, 6.45) is 3.61. The lowest BCUT2D eigenvalue weighted by atomic mass is 10.1. The number of aliphatic imine (C=N–C) groups is 1. The Labute approximate surface area is 157 Å². The van der Waals surface area contributed by atoms with Crippen LogP contribution in [-0.2, 0) is 11.3 Å². The first-order chi connectivity index (χ1) is 13.0. The van der Waals surface area contributed by atoms with Gasteiger partial charge < -0.3 is 26.4 Å². The number of rotatable bonds is 4. The van der Waals surface area contributed by atoms with Crippen molar-refractivity contribution in [2.45, 2.75) is 19.5 Å². The largest absolute Gasteiger partial charge is 0.377 e. The van der Waals surface area contributed by atoms with E-state index in [1.54, 1.807) is 0 Å².